The van der Waals surface area contributed by atoms with Crippen molar-refractivity contribution in [1.82, 2.24) is 0 Å². The Kier molecular flexibility index (Phi) is 4.72. The van der Waals surface area contributed by atoms with Gasteiger partial charge >= 0.3 is 35.0 Å². The zero-order valence-electron chi connectivity index (χ0n) is 10.8. The molecule has 0 N–H and O–H groups in total. The number of fused-ring (bicyclic) bond motifs is 4. The van der Waals surface area contributed by atoms with E-state index in [4.69, 9.17) is 19.1 Å². The van der Waals surface area contributed by atoms with Gasteiger partial charge in [0.15, 0.2) is 0 Å². The minimum absolute atomic E-state index is 0.106. The summed E-state index contributed by atoms with van der Waals surface area (Å²) in [6.45, 7) is 0. The van der Waals surface area contributed by atoms with E-state index in [0.29, 0.717) is 0 Å². The van der Waals surface area contributed by atoms with Gasteiger partial charge in [-0.3, -0.25) is 0 Å². The second-order valence-electron chi connectivity index (χ2n) is 7.03. The number of halogens is 2. The van der Waals surface area contributed by atoms with Gasteiger partial charge in [-0.2, -0.15) is 0 Å². The summed E-state index contributed by atoms with van der Waals surface area (Å²) in [6, 6.07) is 0. The fourth-order valence-corrected chi connectivity index (χ4v) is 8.28. The second kappa shape index (κ2) is 5.81. The first kappa shape index (κ1) is 14.6. The number of rotatable bonds is 2. The summed E-state index contributed by atoms with van der Waals surface area (Å²) in [7, 11) is 11.0. The van der Waals surface area contributed by atoms with E-state index in [9.17, 15) is 0 Å². The maximum absolute atomic E-state index is 4.81. The second-order valence-corrected chi connectivity index (χ2v) is 11.8. The topological polar surface area (TPSA) is 0 Å². The van der Waals surface area contributed by atoms with Crippen LogP contribution >= 0.6 is 27.6 Å². The molecule has 0 unspecified atom stereocenters. The first-order valence-corrected chi connectivity index (χ1v) is 12.3. The molecule has 0 aromatic heterocycles. The molecule has 4 saturated carbocycles. The Morgan fingerprint density at radius 1 is 0.778 bits per heavy atom. The zero-order valence-corrected chi connectivity index (χ0v) is 14.9. The Morgan fingerprint density at radius 3 is 1.33 bits per heavy atom. The van der Waals surface area contributed by atoms with E-state index in [1.165, 1.54) is 8.58 Å². The molecule has 0 aromatic rings. The van der Waals surface area contributed by atoms with Crippen molar-refractivity contribution in [2.24, 2.45) is 11.8 Å². The van der Waals surface area contributed by atoms with Crippen molar-refractivity contribution in [2.45, 2.75) is 74.5 Å². The van der Waals surface area contributed by atoms with E-state index in [1.807, 2.05) is 0 Å². The van der Waals surface area contributed by atoms with E-state index in [2.05, 4.69) is 0 Å². The van der Waals surface area contributed by atoms with Crippen molar-refractivity contribution in [3.63, 3.8) is 0 Å². The molecule has 0 saturated heterocycles. The summed E-state index contributed by atoms with van der Waals surface area (Å²) >= 11 is -0.106. The Labute approximate surface area is 129 Å². The molecule has 0 atom stereocenters. The van der Waals surface area contributed by atoms with E-state index >= 15 is 0 Å². The van der Waals surface area contributed by atoms with Crippen LogP contribution in [0.4, 0.5) is 0 Å². The molecule has 4 rings (SSSR count). The minimum atomic E-state index is -0.106. The van der Waals surface area contributed by atoms with Crippen LogP contribution in [0.1, 0.15) is 64.2 Å². The van der Waals surface area contributed by atoms with E-state index in [-0.39, 0.29) is 15.9 Å². The first-order chi connectivity index (χ1) is 8.69. The van der Waals surface area contributed by atoms with Crippen LogP contribution in [0, 0.1) is 11.8 Å². The van der Waals surface area contributed by atoms with Crippen molar-refractivity contribution >= 4 is 27.6 Å². The van der Waals surface area contributed by atoms with Crippen molar-refractivity contribution in [3.05, 3.63) is 0 Å². The average molecular weight is 400 g/mol. The van der Waals surface area contributed by atoms with E-state index in [1.54, 1.807) is 64.2 Å². The third-order valence-corrected chi connectivity index (χ3v) is 8.48. The van der Waals surface area contributed by atoms with Gasteiger partial charge in [-0.05, 0) is 86.4 Å². The Balaban J connectivity index is 0.000000307. The molecule has 0 amide bonds. The SMILES string of the molecule is C1CC2(PC34CCC(CC3)C4)CCC1C2.[Cl][Pd][Cl]. The van der Waals surface area contributed by atoms with Crippen LogP contribution in [0.15, 0.2) is 0 Å². The van der Waals surface area contributed by atoms with Crippen LogP contribution < -0.4 is 0 Å². The third-order valence-electron chi connectivity index (χ3n) is 6.01. The zero-order chi connectivity index (χ0) is 12.6. The normalized spacial score (nSPS) is 49.2. The van der Waals surface area contributed by atoms with Gasteiger partial charge in [0.2, 0.25) is 0 Å². The summed E-state index contributed by atoms with van der Waals surface area (Å²) in [5.74, 6) is 2.32. The Bertz CT molecular complexity index is 266. The molecule has 0 aromatic carbocycles. The fourth-order valence-electron chi connectivity index (χ4n) is 5.30. The molecule has 4 aliphatic rings. The molecular weight excluding hydrogens is 376 g/mol. The van der Waals surface area contributed by atoms with Crippen LogP contribution in [0.5, 0.6) is 0 Å². The Hall–Kier alpha value is 1.67. The molecule has 18 heavy (non-hydrogen) atoms. The van der Waals surface area contributed by atoms with Crippen LogP contribution in [-0.2, 0) is 15.9 Å². The van der Waals surface area contributed by atoms with Gasteiger partial charge in [0.25, 0.3) is 0 Å². The van der Waals surface area contributed by atoms with Gasteiger partial charge in [-0.25, -0.2) is 0 Å². The van der Waals surface area contributed by atoms with Gasteiger partial charge < -0.3 is 0 Å². The Morgan fingerprint density at radius 2 is 1.11 bits per heavy atom. The summed E-state index contributed by atoms with van der Waals surface area (Å²) in [5, 5.41) is 1.79. The van der Waals surface area contributed by atoms with Crippen molar-refractivity contribution in [1.29, 1.82) is 0 Å². The molecule has 0 spiro atoms. The fraction of sp³-hybridized carbons (Fsp3) is 1.00. The van der Waals surface area contributed by atoms with Gasteiger partial charge in [0, 0.05) is 0 Å². The van der Waals surface area contributed by atoms with Crippen molar-refractivity contribution in [3.8, 4) is 0 Å². The van der Waals surface area contributed by atoms with Crippen LogP contribution in [0.2, 0.25) is 0 Å². The molecule has 0 heterocycles. The van der Waals surface area contributed by atoms with Crippen molar-refractivity contribution in [2.75, 3.05) is 0 Å². The van der Waals surface area contributed by atoms with Gasteiger partial charge in [-0.1, -0.05) is 0 Å². The predicted octanol–water partition coefficient (Wildman–Crippen LogP) is 5.71. The van der Waals surface area contributed by atoms with Crippen LogP contribution in [-0.4, -0.2) is 10.3 Å². The monoisotopic (exact) mass is 398 g/mol. The summed E-state index contributed by atoms with van der Waals surface area (Å²) in [5.41, 5.74) is 0. The van der Waals surface area contributed by atoms with E-state index in [0.717, 1.165) is 22.1 Å². The van der Waals surface area contributed by atoms with Crippen LogP contribution in [0.25, 0.3) is 0 Å². The van der Waals surface area contributed by atoms with Gasteiger partial charge in [0.1, 0.15) is 0 Å². The van der Waals surface area contributed by atoms with Gasteiger partial charge in [-0.15, -0.1) is 8.58 Å². The summed E-state index contributed by atoms with van der Waals surface area (Å²) < 4.78 is 0. The molecule has 4 fully saturated rings. The third kappa shape index (κ3) is 2.83. The molecular formula is C14H23Cl2PPd. The molecule has 0 aliphatic heterocycles. The van der Waals surface area contributed by atoms with Gasteiger partial charge in [0.05, 0.1) is 0 Å². The molecule has 4 bridgehead atoms. The molecule has 4 aliphatic carbocycles. The first-order valence-electron chi connectivity index (χ1n) is 7.31. The molecule has 0 nitrogen and oxygen atoms in total. The standard InChI is InChI=1S/C14H23P.2ClH.Pd/c1-5-13(6-2-11(1)9-13)15-14-7-3-12(10-14)4-8-14;;;/h11-12,15H,1-10H2;2*1H;/q;;;+2/p-2. The summed E-state index contributed by atoms with van der Waals surface area (Å²) in [6.07, 6.45) is 16.1. The maximum atomic E-state index is 4.81. The van der Waals surface area contributed by atoms with Crippen LogP contribution in [0.3, 0.4) is 0 Å². The quantitative estimate of drug-likeness (QED) is 0.412. The molecule has 108 valence electrons. The number of hydrogen-bond donors (Lipinski definition) is 0. The summed E-state index contributed by atoms with van der Waals surface area (Å²) in [4.78, 5) is 0. The molecule has 4 heteroatoms. The van der Waals surface area contributed by atoms with E-state index < -0.39 is 0 Å². The predicted molar refractivity (Wildman–Crippen MR) is 78.6 cm³/mol. The number of hydrogen-bond acceptors (Lipinski definition) is 0. The molecule has 0 radical (unpaired) electrons. The van der Waals surface area contributed by atoms with Crippen molar-refractivity contribution < 1.29 is 15.9 Å². The average Bonchev–Trinajstić information content (AvgIpc) is 3.08.